The van der Waals surface area contributed by atoms with Crippen molar-refractivity contribution in [1.29, 1.82) is 0 Å². The molecule has 0 fully saturated rings. The standard InChI is InChI=1S/C18H20FNO2/c1-14(13-22-16-8-3-2-4-9-16)20-18(21)12-11-15-7-5-6-10-17(15)19/h2-10,14H,11-13H2,1H3,(H,20,21)/t14-/m1/s1. The number of nitrogens with one attached hydrogen (secondary N) is 1. The van der Waals surface area contributed by atoms with Gasteiger partial charge in [-0.2, -0.15) is 0 Å². The fourth-order valence-corrected chi connectivity index (χ4v) is 2.08. The molecule has 0 aliphatic carbocycles. The highest BCUT2D eigenvalue weighted by molar-refractivity contribution is 5.76. The zero-order valence-corrected chi connectivity index (χ0v) is 12.6. The molecule has 1 N–H and O–H groups in total. The van der Waals surface area contributed by atoms with Crippen LogP contribution in [0, 0.1) is 5.82 Å². The van der Waals surface area contributed by atoms with Gasteiger partial charge in [0.2, 0.25) is 5.91 Å². The number of amides is 1. The Labute approximate surface area is 130 Å². The number of hydrogen-bond donors (Lipinski definition) is 1. The van der Waals surface area contributed by atoms with Gasteiger partial charge in [-0.1, -0.05) is 36.4 Å². The lowest BCUT2D eigenvalue weighted by Gasteiger charge is -2.15. The number of para-hydroxylation sites is 1. The maximum Gasteiger partial charge on any atom is 0.220 e. The number of carbonyl (C=O) groups excluding carboxylic acids is 1. The minimum atomic E-state index is -0.268. The van der Waals surface area contributed by atoms with Crippen LogP contribution < -0.4 is 10.1 Å². The summed E-state index contributed by atoms with van der Waals surface area (Å²) in [6.45, 7) is 2.28. The molecule has 116 valence electrons. The molecule has 2 aromatic rings. The molecule has 0 bridgehead atoms. The molecule has 1 atom stereocenters. The van der Waals surface area contributed by atoms with Crippen molar-refractivity contribution in [3.05, 3.63) is 66.0 Å². The van der Waals surface area contributed by atoms with Crippen molar-refractivity contribution >= 4 is 5.91 Å². The SMILES string of the molecule is C[C@H](COc1ccccc1)NC(=O)CCc1ccccc1F. The summed E-state index contributed by atoms with van der Waals surface area (Å²) in [7, 11) is 0. The van der Waals surface area contributed by atoms with Crippen LogP contribution in [-0.4, -0.2) is 18.6 Å². The van der Waals surface area contributed by atoms with Crippen LogP contribution in [0.2, 0.25) is 0 Å². The van der Waals surface area contributed by atoms with E-state index in [1.807, 2.05) is 37.3 Å². The van der Waals surface area contributed by atoms with Crippen LogP contribution in [0.25, 0.3) is 0 Å². The summed E-state index contributed by atoms with van der Waals surface area (Å²) in [6.07, 6.45) is 0.654. The van der Waals surface area contributed by atoms with Gasteiger partial charge >= 0.3 is 0 Å². The molecule has 3 nitrogen and oxygen atoms in total. The zero-order valence-electron chi connectivity index (χ0n) is 12.6. The lowest BCUT2D eigenvalue weighted by Crippen LogP contribution is -2.36. The van der Waals surface area contributed by atoms with Crippen LogP contribution in [0.1, 0.15) is 18.9 Å². The smallest absolute Gasteiger partial charge is 0.220 e. The number of hydrogen-bond acceptors (Lipinski definition) is 2. The van der Waals surface area contributed by atoms with Crippen molar-refractivity contribution in [2.75, 3.05) is 6.61 Å². The van der Waals surface area contributed by atoms with Crippen LogP contribution >= 0.6 is 0 Å². The van der Waals surface area contributed by atoms with Gasteiger partial charge in [0.05, 0.1) is 6.04 Å². The summed E-state index contributed by atoms with van der Waals surface area (Å²) in [6, 6.07) is 15.9. The predicted octanol–water partition coefficient (Wildman–Crippen LogP) is 3.34. The maximum absolute atomic E-state index is 13.5. The lowest BCUT2D eigenvalue weighted by atomic mass is 10.1. The second kappa shape index (κ2) is 8.17. The highest BCUT2D eigenvalue weighted by atomic mass is 19.1. The molecule has 0 heterocycles. The number of carbonyl (C=O) groups is 1. The molecule has 0 spiro atoms. The Bertz CT molecular complexity index is 601. The van der Waals surface area contributed by atoms with Crippen molar-refractivity contribution in [3.63, 3.8) is 0 Å². The largest absolute Gasteiger partial charge is 0.491 e. The molecule has 0 radical (unpaired) electrons. The van der Waals surface area contributed by atoms with Crippen LogP contribution in [0.3, 0.4) is 0 Å². The Morgan fingerprint density at radius 3 is 2.55 bits per heavy atom. The number of halogens is 1. The summed E-state index contributed by atoms with van der Waals surface area (Å²) in [4.78, 5) is 11.9. The van der Waals surface area contributed by atoms with E-state index in [1.54, 1.807) is 18.2 Å². The Morgan fingerprint density at radius 2 is 1.82 bits per heavy atom. The first kappa shape index (κ1) is 16.0. The molecule has 0 aromatic heterocycles. The number of benzene rings is 2. The van der Waals surface area contributed by atoms with Crippen molar-refractivity contribution in [1.82, 2.24) is 5.32 Å². The Balaban J connectivity index is 1.71. The van der Waals surface area contributed by atoms with Gasteiger partial charge in [-0.05, 0) is 37.1 Å². The van der Waals surface area contributed by atoms with Crippen molar-refractivity contribution < 1.29 is 13.9 Å². The zero-order chi connectivity index (χ0) is 15.8. The first-order valence-corrected chi connectivity index (χ1v) is 7.36. The summed E-state index contributed by atoms with van der Waals surface area (Å²) in [5.74, 6) is 0.401. The molecular weight excluding hydrogens is 281 g/mol. The Hall–Kier alpha value is -2.36. The molecule has 0 saturated carbocycles. The molecule has 0 aliphatic heterocycles. The van der Waals surface area contributed by atoms with Gasteiger partial charge in [0, 0.05) is 6.42 Å². The summed E-state index contributed by atoms with van der Waals surface area (Å²) in [5, 5.41) is 2.85. The normalized spacial score (nSPS) is 11.7. The van der Waals surface area contributed by atoms with Crippen molar-refractivity contribution in [3.8, 4) is 5.75 Å². The number of aryl methyl sites for hydroxylation is 1. The first-order valence-electron chi connectivity index (χ1n) is 7.36. The van der Waals surface area contributed by atoms with Gasteiger partial charge in [0.15, 0.2) is 0 Å². The third kappa shape index (κ3) is 5.20. The first-order chi connectivity index (χ1) is 10.6. The topological polar surface area (TPSA) is 38.3 Å². The fourth-order valence-electron chi connectivity index (χ4n) is 2.08. The van der Waals surface area contributed by atoms with Crippen LogP contribution in [-0.2, 0) is 11.2 Å². The maximum atomic E-state index is 13.5. The second-order valence-corrected chi connectivity index (χ2v) is 5.18. The quantitative estimate of drug-likeness (QED) is 0.852. The van der Waals surface area contributed by atoms with E-state index in [-0.39, 0.29) is 24.2 Å². The van der Waals surface area contributed by atoms with E-state index < -0.39 is 0 Å². The Morgan fingerprint density at radius 1 is 1.14 bits per heavy atom. The fraction of sp³-hybridized carbons (Fsp3) is 0.278. The average molecular weight is 301 g/mol. The number of ether oxygens (including phenoxy) is 1. The molecule has 0 unspecified atom stereocenters. The monoisotopic (exact) mass is 301 g/mol. The predicted molar refractivity (Wildman–Crippen MR) is 84.3 cm³/mol. The molecule has 0 saturated heterocycles. The molecule has 1 amide bonds. The third-order valence-corrected chi connectivity index (χ3v) is 3.23. The van der Waals surface area contributed by atoms with Gasteiger partial charge in [0.1, 0.15) is 18.2 Å². The minimum Gasteiger partial charge on any atom is -0.491 e. The van der Waals surface area contributed by atoms with Gasteiger partial charge in [0.25, 0.3) is 0 Å². The second-order valence-electron chi connectivity index (χ2n) is 5.18. The summed E-state index contributed by atoms with van der Waals surface area (Å²) >= 11 is 0. The number of rotatable bonds is 7. The van der Waals surface area contributed by atoms with Crippen molar-refractivity contribution in [2.45, 2.75) is 25.8 Å². The van der Waals surface area contributed by atoms with E-state index in [0.717, 1.165) is 5.75 Å². The minimum absolute atomic E-state index is 0.103. The molecule has 2 rings (SSSR count). The van der Waals surface area contributed by atoms with Gasteiger partial charge in [-0.15, -0.1) is 0 Å². The molecule has 22 heavy (non-hydrogen) atoms. The van der Waals surface area contributed by atoms with Crippen LogP contribution in [0.5, 0.6) is 5.75 Å². The van der Waals surface area contributed by atoms with E-state index in [1.165, 1.54) is 6.07 Å². The average Bonchev–Trinajstić information content (AvgIpc) is 2.53. The van der Waals surface area contributed by atoms with Crippen LogP contribution in [0.15, 0.2) is 54.6 Å². The molecular formula is C18H20FNO2. The van der Waals surface area contributed by atoms with Crippen LogP contribution in [0.4, 0.5) is 4.39 Å². The summed E-state index contributed by atoms with van der Waals surface area (Å²) < 4.78 is 19.0. The molecule has 2 aromatic carbocycles. The van der Waals surface area contributed by atoms with E-state index in [0.29, 0.717) is 18.6 Å². The van der Waals surface area contributed by atoms with Gasteiger partial charge in [-0.25, -0.2) is 4.39 Å². The van der Waals surface area contributed by atoms with Crippen molar-refractivity contribution in [2.24, 2.45) is 0 Å². The van der Waals surface area contributed by atoms with E-state index in [9.17, 15) is 9.18 Å². The third-order valence-electron chi connectivity index (χ3n) is 3.23. The highest BCUT2D eigenvalue weighted by Gasteiger charge is 2.09. The highest BCUT2D eigenvalue weighted by Crippen LogP contribution is 2.10. The molecule has 4 heteroatoms. The van der Waals surface area contributed by atoms with Gasteiger partial charge in [-0.3, -0.25) is 4.79 Å². The van der Waals surface area contributed by atoms with E-state index in [4.69, 9.17) is 4.74 Å². The Kier molecular flexibility index (Phi) is 5.95. The lowest BCUT2D eigenvalue weighted by molar-refractivity contribution is -0.121. The summed E-state index contributed by atoms with van der Waals surface area (Å²) in [5.41, 5.74) is 0.561. The van der Waals surface area contributed by atoms with E-state index >= 15 is 0 Å². The molecule has 0 aliphatic rings. The van der Waals surface area contributed by atoms with Gasteiger partial charge < -0.3 is 10.1 Å². The van der Waals surface area contributed by atoms with E-state index in [2.05, 4.69) is 5.32 Å².